The van der Waals surface area contributed by atoms with Crippen LogP contribution in [0.5, 0.6) is 0 Å². The van der Waals surface area contributed by atoms with Gasteiger partial charge in [-0.05, 0) is 18.6 Å². The van der Waals surface area contributed by atoms with Crippen LogP contribution in [-0.2, 0) is 9.63 Å². The van der Waals surface area contributed by atoms with Gasteiger partial charge in [0.05, 0.1) is 5.56 Å². The summed E-state index contributed by atoms with van der Waals surface area (Å²) in [5.74, 6) is -2.12. The average Bonchev–Trinajstić information content (AvgIpc) is 2.21. The topological polar surface area (TPSA) is 81.4 Å². The summed E-state index contributed by atoms with van der Waals surface area (Å²) in [7, 11) is 0. The first kappa shape index (κ1) is 12.1. The first-order chi connectivity index (χ1) is 7.52. The van der Waals surface area contributed by atoms with E-state index in [1.807, 2.05) is 5.48 Å². The van der Waals surface area contributed by atoms with Gasteiger partial charge in [0.2, 0.25) is 5.91 Å². The van der Waals surface area contributed by atoms with E-state index in [0.29, 0.717) is 5.56 Å². The molecule has 3 N–H and O–H groups in total. The third kappa shape index (κ3) is 3.03. The van der Waals surface area contributed by atoms with Crippen molar-refractivity contribution in [1.29, 1.82) is 0 Å². The molecule has 0 bridgehead atoms. The van der Waals surface area contributed by atoms with Gasteiger partial charge in [-0.1, -0.05) is 12.1 Å². The van der Waals surface area contributed by atoms with Crippen molar-refractivity contribution in [1.82, 2.24) is 5.48 Å². The molecule has 0 saturated heterocycles. The molecule has 1 rings (SSSR count). The molecule has 0 unspecified atom stereocenters. The van der Waals surface area contributed by atoms with Crippen molar-refractivity contribution in [2.24, 2.45) is 5.73 Å². The lowest BCUT2D eigenvalue weighted by Crippen LogP contribution is -2.30. The molecule has 0 radical (unpaired) electrons. The second-order valence-electron chi connectivity index (χ2n) is 3.12. The Morgan fingerprint density at radius 1 is 1.50 bits per heavy atom. The lowest BCUT2D eigenvalue weighted by Gasteiger charge is -2.06. The number of hydrogen-bond acceptors (Lipinski definition) is 3. The number of benzene rings is 1. The summed E-state index contributed by atoms with van der Waals surface area (Å²) >= 11 is 0. The molecule has 0 aliphatic heterocycles. The van der Waals surface area contributed by atoms with Crippen molar-refractivity contribution in [3.8, 4) is 0 Å². The molecular formula is C10H11FN2O3. The maximum absolute atomic E-state index is 13.4. The molecule has 1 aromatic carbocycles. The summed E-state index contributed by atoms with van der Waals surface area (Å²) in [4.78, 5) is 26.1. The summed E-state index contributed by atoms with van der Waals surface area (Å²) in [5.41, 5.74) is 6.90. The van der Waals surface area contributed by atoms with Crippen LogP contribution in [0.4, 0.5) is 4.39 Å². The summed E-state index contributed by atoms with van der Waals surface area (Å²) in [5, 5.41) is 0. The van der Waals surface area contributed by atoms with Gasteiger partial charge >= 0.3 is 0 Å². The number of primary amides is 1. The molecule has 0 spiro atoms. The Labute approximate surface area is 91.3 Å². The minimum atomic E-state index is -0.762. The van der Waals surface area contributed by atoms with Crippen LogP contribution in [0.25, 0.3) is 0 Å². The molecule has 5 nitrogen and oxygen atoms in total. The Kier molecular flexibility index (Phi) is 3.96. The highest BCUT2D eigenvalue weighted by Crippen LogP contribution is 2.11. The Bertz CT molecular complexity index is 421. The molecule has 0 saturated carbocycles. The Balaban J connectivity index is 2.66. The molecule has 2 amide bonds. The van der Waals surface area contributed by atoms with Crippen LogP contribution >= 0.6 is 0 Å². The summed E-state index contributed by atoms with van der Waals surface area (Å²) in [6.07, 6.45) is 0. The fraction of sp³-hybridized carbons (Fsp3) is 0.200. The molecule has 0 aromatic heterocycles. The van der Waals surface area contributed by atoms with Crippen LogP contribution in [0.1, 0.15) is 15.9 Å². The normalized spacial score (nSPS) is 9.88. The SMILES string of the molecule is Cc1cccc(C(=O)NOCC(N)=O)c1F. The molecule has 0 aliphatic carbocycles. The second kappa shape index (κ2) is 5.22. The van der Waals surface area contributed by atoms with Gasteiger partial charge in [-0.3, -0.25) is 14.4 Å². The lowest BCUT2D eigenvalue weighted by atomic mass is 10.1. The van der Waals surface area contributed by atoms with Gasteiger partial charge in [0.25, 0.3) is 5.91 Å². The first-order valence-corrected chi connectivity index (χ1v) is 4.48. The smallest absolute Gasteiger partial charge is 0.277 e. The highest BCUT2D eigenvalue weighted by molar-refractivity contribution is 5.94. The highest BCUT2D eigenvalue weighted by Gasteiger charge is 2.13. The van der Waals surface area contributed by atoms with Gasteiger partial charge in [-0.2, -0.15) is 0 Å². The number of hydroxylamine groups is 1. The van der Waals surface area contributed by atoms with E-state index in [0.717, 1.165) is 0 Å². The molecule has 0 fully saturated rings. The first-order valence-electron chi connectivity index (χ1n) is 4.48. The predicted octanol–water partition coefficient (Wildman–Crippen LogP) is 0.281. The number of nitrogens with two attached hydrogens (primary N) is 1. The Morgan fingerprint density at radius 3 is 2.81 bits per heavy atom. The zero-order valence-corrected chi connectivity index (χ0v) is 8.62. The van der Waals surface area contributed by atoms with Gasteiger partial charge < -0.3 is 5.73 Å². The number of nitrogens with one attached hydrogen (secondary N) is 1. The van der Waals surface area contributed by atoms with E-state index in [2.05, 4.69) is 4.84 Å². The van der Waals surface area contributed by atoms with E-state index in [4.69, 9.17) is 5.73 Å². The number of hydrogen-bond donors (Lipinski definition) is 2. The number of halogens is 1. The molecule has 0 heterocycles. The van der Waals surface area contributed by atoms with Gasteiger partial charge in [-0.25, -0.2) is 9.87 Å². The van der Waals surface area contributed by atoms with Gasteiger partial charge in [0.1, 0.15) is 5.82 Å². The van der Waals surface area contributed by atoms with Crippen LogP contribution in [0, 0.1) is 12.7 Å². The minimum Gasteiger partial charge on any atom is -0.368 e. The van der Waals surface area contributed by atoms with Crippen molar-refractivity contribution >= 4 is 11.8 Å². The van der Waals surface area contributed by atoms with E-state index in [-0.39, 0.29) is 5.56 Å². The molecule has 86 valence electrons. The van der Waals surface area contributed by atoms with E-state index in [1.165, 1.54) is 19.1 Å². The Morgan fingerprint density at radius 2 is 2.19 bits per heavy atom. The molecule has 0 aliphatic rings. The van der Waals surface area contributed by atoms with Crippen LogP contribution in [0.15, 0.2) is 18.2 Å². The van der Waals surface area contributed by atoms with Gasteiger partial charge in [0.15, 0.2) is 6.61 Å². The number of aryl methyl sites for hydroxylation is 1. The zero-order valence-electron chi connectivity index (χ0n) is 8.62. The standard InChI is InChI=1S/C10H11FN2O3/c1-6-3-2-4-7(9(6)11)10(15)13-16-5-8(12)14/h2-4H,5H2,1H3,(H2,12,14)(H,13,15). The predicted molar refractivity (Wildman–Crippen MR) is 53.7 cm³/mol. The van der Waals surface area contributed by atoms with Crippen molar-refractivity contribution in [2.45, 2.75) is 6.92 Å². The maximum Gasteiger partial charge on any atom is 0.277 e. The molecular weight excluding hydrogens is 215 g/mol. The van der Waals surface area contributed by atoms with Crippen LogP contribution in [0.3, 0.4) is 0 Å². The number of carbonyl (C=O) groups is 2. The van der Waals surface area contributed by atoms with E-state index in [1.54, 1.807) is 6.07 Å². The summed E-state index contributed by atoms with van der Waals surface area (Å²) in [6.45, 7) is 1.08. The van der Waals surface area contributed by atoms with Crippen molar-refractivity contribution in [3.63, 3.8) is 0 Å². The zero-order chi connectivity index (χ0) is 12.1. The summed E-state index contributed by atoms with van der Waals surface area (Å²) in [6, 6.07) is 4.39. The van der Waals surface area contributed by atoms with Crippen molar-refractivity contribution < 1.29 is 18.8 Å². The minimum absolute atomic E-state index is 0.149. The molecule has 1 aromatic rings. The maximum atomic E-state index is 13.4. The molecule has 0 atom stereocenters. The Hall–Kier alpha value is -1.95. The average molecular weight is 226 g/mol. The molecule has 16 heavy (non-hydrogen) atoms. The fourth-order valence-electron chi connectivity index (χ4n) is 1.05. The van der Waals surface area contributed by atoms with Gasteiger partial charge in [-0.15, -0.1) is 0 Å². The summed E-state index contributed by atoms with van der Waals surface area (Å²) < 4.78 is 13.4. The van der Waals surface area contributed by atoms with E-state index >= 15 is 0 Å². The lowest BCUT2D eigenvalue weighted by molar-refractivity contribution is -0.124. The van der Waals surface area contributed by atoms with Crippen LogP contribution < -0.4 is 11.2 Å². The highest BCUT2D eigenvalue weighted by atomic mass is 19.1. The number of rotatable bonds is 4. The quantitative estimate of drug-likeness (QED) is 0.723. The second-order valence-corrected chi connectivity index (χ2v) is 3.12. The van der Waals surface area contributed by atoms with Crippen molar-refractivity contribution in [2.75, 3.05) is 6.61 Å². The third-order valence-electron chi connectivity index (χ3n) is 1.82. The fourth-order valence-corrected chi connectivity index (χ4v) is 1.05. The largest absolute Gasteiger partial charge is 0.368 e. The van der Waals surface area contributed by atoms with Crippen molar-refractivity contribution in [3.05, 3.63) is 35.1 Å². The van der Waals surface area contributed by atoms with Crippen LogP contribution in [-0.4, -0.2) is 18.4 Å². The van der Waals surface area contributed by atoms with E-state index < -0.39 is 24.2 Å². The number of amides is 2. The third-order valence-corrected chi connectivity index (χ3v) is 1.82. The van der Waals surface area contributed by atoms with E-state index in [9.17, 15) is 14.0 Å². The monoisotopic (exact) mass is 226 g/mol. The van der Waals surface area contributed by atoms with Crippen LogP contribution in [0.2, 0.25) is 0 Å². The van der Waals surface area contributed by atoms with Gasteiger partial charge in [0, 0.05) is 0 Å². The number of carbonyl (C=O) groups excluding carboxylic acids is 2. The molecule has 6 heteroatoms.